The molecule has 0 spiro atoms. The second-order valence-electron chi connectivity index (χ2n) is 2.58. The molecule has 0 aliphatic heterocycles. The summed E-state index contributed by atoms with van der Waals surface area (Å²) in [5, 5.41) is 27.3. The number of halogens is 1. The van der Waals surface area contributed by atoms with Crippen molar-refractivity contribution in [3.05, 3.63) is 23.5 Å². The van der Waals surface area contributed by atoms with E-state index in [0.717, 1.165) is 12.1 Å². The van der Waals surface area contributed by atoms with Crippen LogP contribution in [-0.4, -0.2) is 21.9 Å². The van der Waals surface area contributed by atoms with Crippen molar-refractivity contribution in [1.29, 1.82) is 0 Å². The molecule has 0 saturated heterocycles. The van der Waals surface area contributed by atoms with Crippen LogP contribution in [0.15, 0.2) is 12.1 Å². The van der Waals surface area contributed by atoms with Crippen molar-refractivity contribution in [3.63, 3.8) is 0 Å². The first-order chi connectivity index (χ1) is 6.07. The highest BCUT2D eigenvalue weighted by atomic mass is 19.1. The van der Waals surface area contributed by atoms with Gasteiger partial charge in [0.25, 0.3) is 0 Å². The molecule has 0 radical (unpaired) electrons. The van der Waals surface area contributed by atoms with Crippen LogP contribution < -0.4 is 5.73 Å². The zero-order valence-electron chi connectivity index (χ0n) is 6.74. The van der Waals surface area contributed by atoms with Gasteiger partial charge in [0.15, 0.2) is 11.6 Å². The van der Waals surface area contributed by atoms with E-state index in [1.54, 1.807) is 0 Å². The summed E-state index contributed by atoms with van der Waals surface area (Å²) in [6, 6.07) is 2.09. The molecule has 5 N–H and O–H groups in total. The summed E-state index contributed by atoms with van der Waals surface area (Å²) in [6.45, 7) is -0.228. The van der Waals surface area contributed by atoms with Crippen molar-refractivity contribution in [2.45, 2.75) is 6.10 Å². The number of phenols is 2. The smallest absolute Gasteiger partial charge is 0.174 e. The summed E-state index contributed by atoms with van der Waals surface area (Å²) in [4.78, 5) is 0. The molecule has 0 amide bonds. The van der Waals surface area contributed by atoms with Gasteiger partial charge < -0.3 is 21.1 Å². The third-order valence-electron chi connectivity index (χ3n) is 1.69. The number of phenolic OH excluding ortho intramolecular Hbond substituents is 2. The van der Waals surface area contributed by atoms with Gasteiger partial charge in [-0.2, -0.15) is 0 Å². The molecular formula is C8H10FNO3. The monoisotopic (exact) mass is 187 g/mol. The predicted molar refractivity (Wildman–Crippen MR) is 43.7 cm³/mol. The molecule has 5 heteroatoms. The van der Waals surface area contributed by atoms with Gasteiger partial charge in [0.1, 0.15) is 5.75 Å². The molecule has 1 atom stereocenters. The minimum atomic E-state index is -1.31. The maximum atomic E-state index is 13.1. The zero-order chi connectivity index (χ0) is 10.0. The Morgan fingerprint density at radius 3 is 2.38 bits per heavy atom. The van der Waals surface area contributed by atoms with Crippen molar-refractivity contribution in [2.24, 2.45) is 5.73 Å². The summed E-state index contributed by atoms with van der Waals surface area (Å²) >= 11 is 0. The minimum absolute atomic E-state index is 0.228. The van der Waals surface area contributed by atoms with E-state index in [1.165, 1.54) is 0 Å². The van der Waals surface area contributed by atoms with Crippen LogP contribution in [0.2, 0.25) is 0 Å². The predicted octanol–water partition coefficient (Wildman–Crippen LogP) is 0.229. The van der Waals surface area contributed by atoms with Gasteiger partial charge in [-0.1, -0.05) is 0 Å². The molecule has 0 bridgehead atoms. The van der Waals surface area contributed by atoms with Crippen molar-refractivity contribution in [3.8, 4) is 11.5 Å². The molecule has 1 aromatic carbocycles. The summed E-state index contributed by atoms with van der Waals surface area (Å²) in [5.41, 5.74) is 4.71. The Bertz CT molecular complexity index is 317. The van der Waals surface area contributed by atoms with Crippen LogP contribution in [0.25, 0.3) is 0 Å². The molecule has 0 fully saturated rings. The van der Waals surface area contributed by atoms with Crippen LogP contribution in [0.5, 0.6) is 11.5 Å². The summed E-state index contributed by atoms with van der Waals surface area (Å²) in [6.07, 6.45) is -1.31. The lowest BCUT2D eigenvalue weighted by atomic mass is 10.1. The van der Waals surface area contributed by atoms with Gasteiger partial charge in [0.05, 0.1) is 11.7 Å². The average Bonchev–Trinajstić information content (AvgIpc) is 2.12. The van der Waals surface area contributed by atoms with Crippen molar-refractivity contribution in [2.75, 3.05) is 6.54 Å². The maximum Gasteiger partial charge on any atom is 0.174 e. The molecule has 0 aliphatic rings. The normalized spacial score (nSPS) is 12.8. The van der Waals surface area contributed by atoms with Gasteiger partial charge in [-0.05, 0) is 12.1 Å². The highest BCUT2D eigenvalue weighted by molar-refractivity contribution is 5.41. The lowest BCUT2D eigenvalue weighted by Gasteiger charge is -2.11. The number of hydrogen-bond acceptors (Lipinski definition) is 4. The Morgan fingerprint density at radius 2 is 1.85 bits per heavy atom. The van der Waals surface area contributed by atoms with Crippen LogP contribution in [0, 0.1) is 5.82 Å². The third-order valence-corrected chi connectivity index (χ3v) is 1.69. The topological polar surface area (TPSA) is 86.7 Å². The number of rotatable bonds is 2. The Kier molecular flexibility index (Phi) is 2.69. The average molecular weight is 187 g/mol. The quantitative estimate of drug-likeness (QED) is 0.499. The van der Waals surface area contributed by atoms with Gasteiger partial charge in [-0.15, -0.1) is 0 Å². The van der Waals surface area contributed by atoms with E-state index in [0.29, 0.717) is 0 Å². The molecule has 4 nitrogen and oxygen atoms in total. The highest BCUT2D eigenvalue weighted by Gasteiger charge is 2.18. The van der Waals surface area contributed by atoms with Gasteiger partial charge in [-0.25, -0.2) is 4.39 Å². The van der Waals surface area contributed by atoms with E-state index < -0.39 is 23.4 Å². The summed E-state index contributed by atoms with van der Waals surface area (Å²) in [5.74, 6) is -2.09. The van der Waals surface area contributed by atoms with Crippen LogP contribution in [0.1, 0.15) is 11.7 Å². The largest absolute Gasteiger partial charge is 0.507 e. The SMILES string of the molecule is NCC(O)c1c(O)ccc(O)c1F. The number of benzene rings is 1. The number of hydrogen-bond donors (Lipinski definition) is 4. The van der Waals surface area contributed by atoms with Crippen molar-refractivity contribution in [1.82, 2.24) is 0 Å². The van der Waals surface area contributed by atoms with Gasteiger partial charge in [0, 0.05) is 6.54 Å². The maximum absolute atomic E-state index is 13.1. The number of aliphatic hydroxyl groups is 1. The fourth-order valence-corrected chi connectivity index (χ4v) is 1.01. The first kappa shape index (κ1) is 9.76. The molecule has 0 aliphatic carbocycles. The van der Waals surface area contributed by atoms with Crippen molar-refractivity contribution >= 4 is 0 Å². The summed E-state index contributed by atoms with van der Waals surface area (Å²) < 4.78 is 13.1. The molecular weight excluding hydrogens is 177 g/mol. The van der Waals surface area contributed by atoms with E-state index in [4.69, 9.17) is 15.9 Å². The second-order valence-corrected chi connectivity index (χ2v) is 2.58. The van der Waals surface area contributed by atoms with E-state index in [1.807, 2.05) is 0 Å². The molecule has 0 aromatic heterocycles. The van der Waals surface area contributed by atoms with Crippen LogP contribution in [0.4, 0.5) is 4.39 Å². The van der Waals surface area contributed by atoms with Crippen LogP contribution in [0.3, 0.4) is 0 Å². The first-order valence-corrected chi connectivity index (χ1v) is 3.66. The highest BCUT2D eigenvalue weighted by Crippen LogP contribution is 2.31. The van der Waals surface area contributed by atoms with E-state index in [2.05, 4.69) is 0 Å². The first-order valence-electron chi connectivity index (χ1n) is 3.66. The lowest BCUT2D eigenvalue weighted by Crippen LogP contribution is -2.13. The van der Waals surface area contributed by atoms with Crippen molar-refractivity contribution < 1.29 is 19.7 Å². The molecule has 72 valence electrons. The minimum Gasteiger partial charge on any atom is -0.507 e. The number of aliphatic hydroxyl groups excluding tert-OH is 1. The van der Waals surface area contributed by atoms with E-state index in [9.17, 15) is 9.50 Å². The fourth-order valence-electron chi connectivity index (χ4n) is 1.01. The third kappa shape index (κ3) is 1.71. The van der Waals surface area contributed by atoms with Gasteiger partial charge >= 0.3 is 0 Å². The summed E-state index contributed by atoms with van der Waals surface area (Å²) in [7, 11) is 0. The number of nitrogens with two attached hydrogens (primary N) is 1. The number of aromatic hydroxyl groups is 2. The van der Waals surface area contributed by atoms with Crippen LogP contribution >= 0.6 is 0 Å². The van der Waals surface area contributed by atoms with E-state index in [-0.39, 0.29) is 12.1 Å². The molecule has 13 heavy (non-hydrogen) atoms. The molecule has 0 heterocycles. The van der Waals surface area contributed by atoms with Gasteiger partial charge in [-0.3, -0.25) is 0 Å². The Labute approximate surface area is 74.0 Å². The van der Waals surface area contributed by atoms with Gasteiger partial charge in [0.2, 0.25) is 0 Å². The zero-order valence-corrected chi connectivity index (χ0v) is 6.74. The lowest BCUT2D eigenvalue weighted by molar-refractivity contribution is 0.176. The molecule has 1 aromatic rings. The molecule has 1 rings (SSSR count). The Balaban J connectivity index is 3.25. The fraction of sp³-hybridized carbons (Fsp3) is 0.250. The Hall–Kier alpha value is -1.33. The molecule has 0 saturated carbocycles. The second kappa shape index (κ2) is 3.59. The van der Waals surface area contributed by atoms with Crippen LogP contribution in [-0.2, 0) is 0 Å². The van der Waals surface area contributed by atoms with E-state index >= 15 is 0 Å². The standard InChI is InChI=1S/C8H10FNO3/c9-8-5(12)2-1-4(11)7(8)6(13)3-10/h1-2,6,11-13H,3,10H2. The molecule has 1 unspecified atom stereocenters. The Morgan fingerprint density at radius 1 is 1.31 bits per heavy atom.